The number of nitrogens with zero attached hydrogens (tertiary/aromatic N) is 5. The van der Waals surface area contributed by atoms with Gasteiger partial charge in [-0.1, -0.05) is 19.0 Å². The summed E-state index contributed by atoms with van der Waals surface area (Å²) in [5.41, 5.74) is 1.32. The molecule has 1 unspecified atom stereocenters. The van der Waals surface area contributed by atoms with E-state index in [0.29, 0.717) is 5.92 Å². The first-order valence-corrected chi connectivity index (χ1v) is 8.32. The van der Waals surface area contributed by atoms with E-state index >= 15 is 0 Å². The largest absolute Gasteiger partial charge is 0.338 e. The minimum Gasteiger partial charge on any atom is -0.338 e. The van der Waals surface area contributed by atoms with Crippen molar-refractivity contribution in [2.45, 2.75) is 39.3 Å². The van der Waals surface area contributed by atoms with Crippen molar-refractivity contribution in [3.63, 3.8) is 0 Å². The summed E-state index contributed by atoms with van der Waals surface area (Å²) in [6.07, 6.45) is 3.71. The predicted octanol–water partition coefficient (Wildman–Crippen LogP) is 2.47. The molecule has 0 N–H and O–H groups in total. The number of rotatable bonds is 5. The Morgan fingerprint density at radius 3 is 2.39 bits per heavy atom. The topological polar surface area (TPSA) is 58.3 Å². The number of pyridine rings is 1. The van der Waals surface area contributed by atoms with Crippen LogP contribution in [0.1, 0.15) is 50.0 Å². The van der Waals surface area contributed by atoms with Crippen LogP contribution in [0, 0.1) is 0 Å². The van der Waals surface area contributed by atoms with Crippen molar-refractivity contribution < 1.29 is 4.52 Å². The van der Waals surface area contributed by atoms with E-state index < -0.39 is 0 Å². The Hall–Kier alpha value is -1.79. The molecule has 2 aromatic heterocycles. The zero-order chi connectivity index (χ0) is 16.2. The maximum Gasteiger partial charge on any atom is 0.243 e. The maximum absolute atomic E-state index is 5.44. The van der Waals surface area contributed by atoms with Crippen molar-refractivity contribution in [2.24, 2.45) is 0 Å². The van der Waals surface area contributed by atoms with Crippen LogP contribution < -0.4 is 0 Å². The van der Waals surface area contributed by atoms with Crippen molar-refractivity contribution in [3.05, 3.63) is 41.8 Å². The molecule has 1 fully saturated rings. The molecule has 0 radical (unpaired) electrons. The van der Waals surface area contributed by atoms with Gasteiger partial charge in [-0.3, -0.25) is 14.8 Å². The van der Waals surface area contributed by atoms with Crippen LogP contribution in [0.2, 0.25) is 0 Å². The van der Waals surface area contributed by atoms with E-state index in [-0.39, 0.29) is 6.04 Å². The Bertz CT molecular complexity index is 604. The molecule has 0 amide bonds. The molecule has 0 aliphatic carbocycles. The predicted molar refractivity (Wildman–Crippen MR) is 87.9 cm³/mol. The van der Waals surface area contributed by atoms with Crippen molar-refractivity contribution in [2.75, 3.05) is 26.2 Å². The maximum atomic E-state index is 5.44. The number of piperazine rings is 1. The molecule has 23 heavy (non-hydrogen) atoms. The first-order chi connectivity index (χ1) is 11.1. The van der Waals surface area contributed by atoms with Gasteiger partial charge in [0.15, 0.2) is 5.82 Å². The van der Waals surface area contributed by atoms with Crippen LogP contribution in [0.25, 0.3) is 0 Å². The highest BCUT2D eigenvalue weighted by molar-refractivity contribution is 5.09. The minimum absolute atomic E-state index is 0.179. The summed E-state index contributed by atoms with van der Waals surface area (Å²) in [5, 5.41) is 4.07. The van der Waals surface area contributed by atoms with Crippen LogP contribution in [0.4, 0.5) is 0 Å². The van der Waals surface area contributed by atoms with Gasteiger partial charge in [-0.05, 0) is 24.6 Å². The van der Waals surface area contributed by atoms with Gasteiger partial charge in [-0.2, -0.15) is 4.98 Å². The summed E-state index contributed by atoms with van der Waals surface area (Å²) >= 11 is 0. The van der Waals surface area contributed by atoms with E-state index in [9.17, 15) is 0 Å². The quantitative estimate of drug-likeness (QED) is 0.845. The molecule has 1 saturated heterocycles. The van der Waals surface area contributed by atoms with Crippen molar-refractivity contribution in [1.29, 1.82) is 0 Å². The molecule has 3 rings (SSSR count). The van der Waals surface area contributed by atoms with E-state index in [4.69, 9.17) is 4.52 Å². The average Bonchev–Trinajstić information content (AvgIpc) is 3.06. The zero-order valence-electron chi connectivity index (χ0n) is 14.1. The average molecular weight is 315 g/mol. The van der Waals surface area contributed by atoms with E-state index in [1.807, 2.05) is 12.4 Å². The van der Waals surface area contributed by atoms with E-state index in [1.165, 1.54) is 5.56 Å². The highest BCUT2D eigenvalue weighted by atomic mass is 16.5. The molecule has 0 saturated carbocycles. The first kappa shape index (κ1) is 16.1. The lowest BCUT2D eigenvalue weighted by Crippen LogP contribution is -2.46. The number of aromatic nitrogens is 3. The molecule has 6 nitrogen and oxygen atoms in total. The third-order valence-electron chi connectivity index (χ3n) is 4.44. The SMILES string of the molecule is CC(C)c1noc(C(C)N2CCN(Cc3ccncc3)CC2)n1. The van der Waals surface area contributed by atoms with Crippen molar-refractivity contribution >= 4 is 0 Å². The molecule has 1 aliphatic rings. The summed E-state index contributed by atoms with van der Waals surface area (Å²) in [6, 6.07) is 4.35. The summed E-state index contributed by atoms with van der Waals surface area (Å²) in [7, 11) is 0. The summed E-state index contributed by atoms with van der Waals surface area (Å²) in [6.45, 7) is 11.4. The third kappa shape index (κ3) is 3.95. The molecule has 0 bridgehead atoms. The molecule has 6 heteroatoms. The van der Waals surface area contributed by atoms with E-state index in [0.717, 1.165) is 44.4 Å². The number of hydrogen-bond acceptors (Lipinski definition) is 6. The van der Waals surface area contributed by atoms with Gasteiger partial charge in [0.05, 0.1) is 6.04 Å². The number of hydrogen-bond donors (Lipinski definition) is 0. The van der Waals surface area contributed by atoms with Gasteiger partial charge in [-0.15, -0.1) is 0 Å². The van der Waals surface area contributed by atoms with Crippen LogP contribution in [-0.2, 0) is 6.54 Å². The summed E-state index contributed by atoms with van der Waals surface area (Å²) < 4.78 is 5.44. The Kier molecular flexibility index (Phi) is 5.03. The Labute approximate surface area is 137 Å². The fourth-order valence-electron chi connectivity index (χ4n) is 2.86. The molecule has 2 aromatic rings. The lowest BCUT2D eigenvalue weighted by Gasteiger charge is -2.36. The van der Waals surface area contributed by atoms with E-state index in [2.05, 4.69) is 57.8 Å². The third-order valence-corrected chi connectivity index (χ3v) is 4.44. The molecule has 1 atom stereocenters. The summed E-state index contributed by atoms with van der Waals surface area (Å²) in [5.74, 6) is 1.83. The second kappa shape index (κ2) is 7.19. The van der Waals surface area contributed by atoms with Gasteiger partial charge in [0.1, 0.15) is 0 Å². The monoisotopic (exact) mass is 315 g/mol. The van der Waals surface area contributed by atoms with Crippen LogP contribution in [0.5, 0.6) is 0 Å². The Balaban J connectivity index is 1.53. The van der Waals surface area contributed by atoms with Crippen LogP contribution in [0.15, 0.2) is 29.0 Å². The van der Waals surface area contributed by atoms with Gasteiger partial charge in [0, 0.05) is 51.0 Å². The van der Waals surface area contributed by atoms with Crippen molar-refractivity contribution in [3.8, 4) is 0 Å². The molecule has 3 heterocycles. The van der Waals surface area contributed by atoms with Crippen LogP contribution >= 0.6 is 0 Å². The smallest absolute Gasteiger partial charge is 0.243 e. The highest BCUT2D eigenvalue weighted by Gasteiger charge is 2.26. The van der Waals surface area contributed by atoms with Gasteiger partial charge in [-0.25, -0.2) is 0 Å². The minimum atomic E-state index is 0.179. The van der Waals surface area contributed by atoms with Gasteiger partial charge in [0.2, 0.25) is 5.89 Å². The highest BCUT2D eigenvalue weighted by Crippen LogP contribution is 2.22. The molecule has 0 aromatic carbocycles. The molecular formula is C17H25N5O. The van der Waals surface area contributed by atoms with Gasteiger partial charge in [0.25, 0.3) is 0 Å². The lowest BCUT2D eigenvalue weighted by atomic mass is 10.2. The molecule has 124 valence electrons. The van der Waals surface area contributed by atoms with E-state index in [1.54, 1.807) is 0 Å². The van der Waals surface area contributed by atoms with Crippen molar-refractivity contribution in [1.82, 2.24) is 24.9 Å². The second-order valence-corrected chi connectivity index (χ2v) is 6.49. The fourth-order valence-corrected chi connectivity index (χ4v) is 2.86. The molecular weight excluding hydrogens is 290 g/mol. The molecule has 0 spiro atoms. The normalized spacial score (nSPS) is 18.4. The first-order valence-electron chi connectivity index (χ1n) is 8.32. The van der Waals surface area contributed by atoms with Gasteiger partial charge < -0.3 is 4.52 Å². The molecule has 1 aliphatic heterocycles. The standard InChI is InChI=1S/C17H25N5O/c1-13(2)16-19-17(23-20-16)14(3)22-10-8-21(9-11-22)12-15-4-6-18-7-5-15/h4-7,13-14H,8-12H2,1-3H3. The van der Waals surface area contributed by atoms with Crippen LogP contribution in [-0.4, -0.2) is 51.1 Å². The van der Waals surface area contributed by atoms with Gasteiger partial charge >= 0.3 is 0 Å². The summed E-state index contributed by atoms with van der Waals surface area (Å²) in [4.78, 5) is 13.5. The zero-order valence-corrected chi connectivity index (χ0v) is 14.1. The fraction of sp³-hybridized carbons (Fsp3) is 0.588. The second-order valence-electron chi connectivity index (χ2n) is 6.49. The van der Waals surface area contributed by atoms with Crippen LogP contribution in [0.3, 0.4) is 0 Å². The Morgan fingerprint density at radius 2 is 1.78 bits per heavy atom. The Morgan fingerprint density at radius 1 is 1.09 bits per heavy atom. The lowest BCUT2D eigenvalue weighted by molar-refractivity contribution is 0.0845.